The second kappa shape index (κ2) is 4.57. The molecule has 0 saturated heterocycles. The molecule has 1 radical (unpaired) electrons. The van der Waals surface area contributed by atoms with Gasteiger partial charge < -0.3 is 4.43 Å². The van der Waals surface area contributed by atoms with E-state index in [1.54, 1.807) is 0 Å². The van der Waals surface area contributed by atoms with Crippen molar-refractivity contribution in [3.05, 3.63) is 33.8 Å². The molecule has 12 heavy (non-hydrogen) atoms. The summed E-state index contributed by atoms with van der Waals surface area (Å²) < 4.78 is 6.35. The van der Waals surface area contributed by atoms with Gasteiger partial charge in [-0.2, -0.15) is 0 Å². The van der Waals surface area contributed by atoms with Crippen LogP contribution in [0.1, 0.15) is 11.1 Å². The van der Waals surface area contributed by atoms with Gasteiger partial charge in [-0.3, -0.25) is 0 Å². The van der Waals surface area contributed by atoms with Gasteiger partial charge in [0.2, 0.25) is 0 Å². The van der Waals surface area contributed by atoms with Crippen molar-refractivity contribution in [3.8, 4) is 0 Å². The Balaban J connectivity index is 2.78. The van der Waals surface area contributed by atoms with E-state index in [1.807, 2.05) is 6.07 Å². The standard InChI is InChI=1S/C9H10BrOSi/c1-7-5-9(10)4-3-8(7)6-11-12-2/h3-5H,2,6H2,1H3. The van der Waals surface area contributed by atoms with Crippen LogP contribution in [-0.2, 0) is 11.0 Å². The number of hydrogen-bond acceptors (Lipinski definition) is 1. The van der Waals surface area contributed by atoms with E-state index in [4.69, 9.17) is 4.43 Å². The van der Waals surface area contributed by atoms with Crippen molar-refractivity contribution in [2.45, 2.75) is 13.5 Å². The van der Waals surface area contributed by atoms with Crippen LogP contribution in [0.15, 0.2) is 22.7 Å². The predicted molar refractivity (Wildman–Crippen MR) is 56.5 cm³/mol. The summed E-state index contributed by atoms with van der Waals surface area (Å²) in [6, 6.07) is 6.18. The van der Waals surface area contributed by atoms with Gasteiger partial charge in [0, 0.05) is 4.47 Å². The molecular formula is C9H10BrOSi. The highest BCUT2D eigenvalue weighted by Gasteiger charge is 1.97. The summed E-state index contributed by atoms with van der Waals surface area (Å²) in [5.41, 5.74) is 2.48. The molecule has 1 nitrogen and oxygen atoms in total. The Hall–Kier alpha value is -0.413. The van der Waals surface area contributed by atoms with E-state index in [0.717, 1.165) is 4.47 Å². The Bertz CT molecular complexity index is 286. The first-order valence-electron chi connectivity index (χ1n) is 3.63. The maximum absolute atomic E-state index is 5.24. The highest BCUT2D eigenvalue weighted by atomic mass is 79.9. The molecule has 1 aromatic carbocycles. The van der Waals surface area contributed by atoms with E-state index in [0.29, 0.717) is 16.0 Å². The molecule has 0 aliphatic rings. The van der Waals surface area contributed by atoms with Crippen LogP contribution in [0.25, 0.3) is 0 Å². The molecule has 0 fully saturated rings. The Labute approximate surface area is 83.4 Å². The minimum atomic E-state index is 0.315. The Morgan fingerprint density at radius 3 is 2.92 bits per heavy atom. The van der Waals surface area contributed by atoms with Crippen molar-refractivity contribution in [1.82, 2.24) is 0 Å². The highest BCUT2D eigenvalue weighted by molar-refractivity contribution is 9.10. The van der Waals surface area contributed by atoms with E-state index < -0.39 is 0 Å². The maximum Gasteiger partial charge on any atom is 0.273 e. The van der Waals surface area contributed by atoms with Gasteiger partial charge in [-0.1, -0.05) is 28.2 Å². The summed E-state index contributed by atoms with van der Waals surface area (Å²) in [5.74, 6) is 0. The zero-order valence-corrected chi connectivity index (χ0v) is 9.52. The Kier molecular flexibility index (Phi) is 3.69. The first-order chi connectivity index (χ1) is 5.74. The molecule has 1 rings (SSSR count). The third-order valence-corrected chi connectivity index (χ3v) is 2.48. The van der Waals surface area contributed by atoms with Crippen LogP contribution >= 0.6 is 15.9 Å². The van der Waals surface area contributed by atoms with Crippen molar-refractivity contribution >= 4 is 31.5 Å². The molecule has 0 spiro atoms. The Morgan fingerprint density at radius 1 is 1.58 bits per heavy atom. The summed E-state index contributed by atoms with van der Waals surface area (Å²) in [6.45, 7) is 2.75. The monoisotopic (exact) mass is 241 g/mol. The summed E-state index contributed by atoms with van der Waals surface area (Å²) in [5, 5.41) is 0. The molecule has 0 aromatic heterocycles. The van der Waals surface area contributed by atoms with Gasteiger partial charge in [0.25, 0.3) is 9.38 Å². The molecule has 3 heteroatoms. The smallest absolute Gasteiger partial charge is 0.273 e. The molecule has 0 amide bonds. The fourth-order valence-corrected chi connectivity index (χ4v) is 1.68. The summed E-state index contributed by atoms with van der Waals surface area (Å²) in [7, 11) is 0.315. The first kappa shape index (κ1) is 9.67. The summed E-state index contributed by atoms with van der Waals surface area (Å²) >= 11 is 3.41. The van der Waals surface area contributed by atoms with Crippen molar-refractivity contribution in [2.75, 3.05) is 0 Å². The van der Waals surface area contributed by atoms with E-state index in [9.17, 15) is 0 Å². The minimum Gasteiger partial charge on any atom is -0.544 e. The van der Waals surface area contributed by atoms with E-state index in [2.05, 4.69) is 41.2 Å². The molecule has 0 N–H and O–H groups in total. The molecule has 1 aromatic rings. The van der Waals surface area contributed by atoms with Crippen molar-refractivity contribution in [3.63, 3.8) is 0 Å². The van der Waals surface area contributed by atoms with E-state index >= 15 is 0 Å². The third kappa shape index (κ3) is 2.57. The fourth-order valence-electron chi connectivity index (χ4n) is 0.950. The number of aryl methyl sites for hydroxylation is 1. The van der Waals surface area contributed by atoms with Crippen LogP contribution in [-0.4, -0.2) is 15.6 Å². The predicted octanol–water partition coefficient (Wildman–Crippen LogP) is 2.33. The fraction of sp³-hybridized carbons (Fsp3) is 0.222. The van der Waals surface area contributed by atoms with Crippen molar-refractivity contribution < 1.29 is 4.43 Å². The lowest BCUT2D eigenvalue weighted by Crippen LogP contribution is -1.94. The van der Waals surface area contributed by atoms with Crippen LogP contribution in [0, 0.1) is 6.92 Å². The topological polar surface area (TPSA) is 9.23 Å². The lowest BCUT2D eigenvalue weighted by atomic mass is 10.1. The second-order valence-corrected chi connectivity index (χ2v) is 4.00. The second-order valence-electron chi connectivity index (χ2n) is 2.50. The molecule has 0 heterocycles. The molecule has 0 saturated carbocycles. The van der Waals surface area contributed by atoms with Crippen LogP contribution in [0.5, 0.6) is 0 Å². The maximum atomic E-state index is 5.24. The van der Waals surface area contributed by atoms with Gasteiger partial charge >= 0.3 is 0 Å². The molecule has 0 bridgehead atoms. The van der Waals surface area contributed by atoms with Crippen molar-refractivity contribution in [2.24, 2.45) is 0 Å². The average Bonchev–Trinajstić information content (AvgIpc) is 2.03. The molecule has 63 valence electrons. The number of benzene rings is 1. The number of hydrogen-bond donors (Lipinski definition) is 0. The molecular weight excluding hydrogens is 232 g/mol. The van der Waals surface area contributed by atoms with Gasteiger partial charge in [-0.05, 0) is 30.2 Å². The number of halogens is 1. The SMILES string of the molecule is C=[Si]OCc1ccc(Br)cc1C. The van der Waals surface area contributed by atoms with Crippen molar-refractivity contribution in [1.29, 1.82) is 0 Å². The van der Waals surface area contributed by atoms with E-state index in [-0.39, 0.29) is 0 Å². The zero-order chi connectivity index (χ0) is 8.97. The molecule has 0 aliphatic carbocycles. The third-order valence-electron chi connectivity index (χ3n) is 1.63. The van der Waals surface area contributed by atoms with E-state index in [1.165, 1.54) is 11.1 Å². The summed E-state index contributed by atoms with van der Waals surface area (Å²) in [4.78, 5) is 0. The quantitative estimate of drug-likeness (QED) is 0.739. The van der Waals surface area contributed by atoms with Gasteiger partial charge in [-0.15, -0.1) is 0 Å². The highest BCUT2D eigenvalue weighted by Crippen LogP contribution is 2.16. The summed E-state index contributed by atoms with van der Waals surface area (Å²) in [6.07, 6.45) is 3.64. The van der Waals surface area contributed by atoms with Crippen LogP contribution in [0.2, 0.25) is 0 Å². The Morgan fingerprint density at radius 2 is 2.33 bits per heavy atom. The van der Waals surface area contributed by atoms with Gasteiger partial charge in [0.05, 0.1) is 6.61 Å². The molecule has 0 unspecified atom stereocenters. The molecule has 0 atom stereocenters. The zero-order valence-electron chi connectivity index (χ0n) is 6.93. The molecule has 0 aliphatic heterocycles. The normalized spacial score (nSPS) is 9.50. The van der Waals surface area contributed by atoms with Crippen LogP contribution in [0.4, 0.5) is 0 Å². The van der Waals surface area contributed by atoms with Gasteiger partial charge in [0.15, 0.2) is 0 Å². The average molecular weight is 242 g/mol. The lowest BCUT2D eigenvalue weighted by molar-refractivity contribution is 0.335. The van der Waals surface area contributed by atoms with Crippen LogP contribution in [0.3, 0.4) is 0 Å². The largest absolute Gasteiger partial charge is 0.544 e. The first-order valence-corrected chi connectivity index (χ1v) is 5.54. The number of rotatable bonds is 3. The van der Waals surface area contributed by atoms with Gasteiger partial charge in [-0.25, -0.2) is 0 Å². The minimum absolute atomic E-state index is 0.315. The van der Waals surface area contributed by atoms with Crippen LogP contribution < -0.4 is 0 Å². The van der Waals surface area contributed by atoms with Gasteiger partial charge in [0.1, 0.15) is 0 Å². The lowest BCUT2D eigenvalue weighted by Gasteiger charge is -2.05.